The first-order chi connectivity index (χ1) is 11.6. The van der Waals surface area contributed by atoms with Crippen molar-refractivity contribution in [2.24, 2.45) is 5.92 Å². The maximum absolute atomic E-state index is 11.7. The third kappa shape index (κ3) is 4.40. The van der Waals surface area contributed by atoms with Gasteiger partial charge in [0.15, 0.2) is 0 Å². The van der Waals surface area contributed by atoms with E-state index in [2.05, 4.69) is 31.7 Å². The number of fused-ring (bicyclic) bond motifs is 1. The minimum Gasteiger partial charge on any atom is -0.375 e. The third-order valence-corrected chi connectivity index (χ3v) is 4.98. The smallest absolute Gasteiger partial charge is 0.245 e. The molecular formula is C16H23N5O2S. The number of ether oxygens (including phenoxy) is 1. The summed E-state index contributed by atoms with van der Waals surface area (Å²) in [4.78, 5) is 18.6. The lowest BCUT2D eigenvalue weighted by Crippen LogP contribution is -2.37. The minimum atomic E-state index is -0.0791. The van der Waals surface area contributed by atoms with E-state index in [1.807, 2.05) is 17.8 Å². The van der Waals surface area contributed by atoms with Crippen molar-refractivity contribution in [3.05, 3.63) is 34.0 Å². The molecule has 1 unspecified atom stereocenters. The summed E-state index contributed by atoms with van der Waals surface area (Å²) in [6.07, 6.45) is 1.84. The zero-order valence-electron chi connectivity index (χ0n) is 14.1. The number of aryl methyl sites for hydroxylation is 1. The van der Waals surface area contributed by atoms with Gasteiger partial charge < -0.3 is 10.1 Å². The van der Waals surface area contributed by atoms with Gasteiger partial charge in [0.1, 0.15) is 11.6 Å². The number of hydrogen-bond donors (Lipinski definition) is 1. The number of carbonyl (C=O) groups is 1. The number of rotatable bonds is 6. The summed E-state index contributed by atoms with van der Waals surface area (Å²) >= 11 is 1.70. The summed E-state index contributed by atoms with van der Waals surface area (Å²) in [7, 11) is 1.53. The Balaban J connectivity index is 1.67. The number of aromatic nitrogens is 3. The highest BCUT2D eigenvalue weighted by atomic mass is 32.1. The topological polar surface area (TPSA) is 72.3 Å². The molecule has 1 aliphatic rings. The molecule has 0 aliphatic carbocycles. The van der Waals surface area contributed by atoms with Crippen LogP contribution in [0.15, 0.2) is 17.6 Å². The molecule has 0 fully saturated rings. The summed E-state index contributed by atoms with van der Waals surface area (Å²) in [5.74, 6) is 0.220. The average Bonchev–Trinajstić information content (AvgIpc) is 3.11. The van der Waals surface area contributed by atoms with Gasteiger partial charge in [-0.25, -0.2) is 4.98 Å². The van der Waals surface area contributed by atoms with E-state index in [4.69, 9.17) is 4.74 Å². The number of hydrogen-bond acceptors (Lipinski definition) is 6. The molecule has 7 nitrogen and oxygen atoms in total. The summed E-state index contributed by atoms with van der Waals surface area (Å²) in [5, 5.41) is 10.6. The summed E-state index contributed by atoms with van der Waals surface area (Å²) in [6.45, 7) is 6.12. The number of thiazole rings is 1. The van der Waals surface area contributed by atoms with Crippen LogP contribution in [0.1, 0.15) is 16.4 Å². The molecule has 0 saturated heterocycles. The number of methoxy groups -OCH3 is 1. The minimum absolute atomic E-state index is 0.0791. The Morgan fingerprint density at radius 2 is 2.38 bits per heavy atom. The van der Waals surface area contributed by atoms with E-state index >= 15 is 0 Å². The number of amides is 1. The van der Waals surface area contributed by atoms with Crippen molar-refractivity contribution in [1.82, 2.24) is 25.0 Å². The number of nitrogens with one attached hydrogen (secondary N) is 1. The van der Waals surface area contributed by atoms with Gasteiger partial charge in [-0.3, -0.25) is 14.4 Å². The molecule has 1 aliphatic heterocycles. The molecule has 0 spiro atoms. The second-order valence-corrected chi connectivity index (χ2v) is 7.10. The summed E-state index contributed by atoms with van der Waals surface area (Å²) < 4.78 is 6.91. The maximum atomic E-state index is 11.7. The molecule has 0 bridgehead atoms. The van der Waals surface area contributed by atoms with Crippen molar-refractivity contribution >= 4 is 17.2 Å². The first-order valence-corrected chi connectivity index (χ1v) is 8.91. The Labute approximate surface area is 145 Å². The summed E-state index contributed by atoms with van der Waals surface area (Å²) in [5.41, 5.74) is 2.27. The first kappa shape index (κ1) is 17.1. The molecule has 1 atom stereocenters. The van der Waals surface area contributed by atoms with E-state index in [-0.39, 0.29) is 12.5 Å². The van der Waals surface area contributed by atoms with Crippen LogP contribution in [0.3, 0.4) is 0 Å². The van der Waals surface area contributed by atoms with Gasteiger partial charge in [0, 0.05) is 56.5 Å². The Morgan fingerprint density at radius 1 is 1.50 bits per heavy atom. The van der Waals surface area contributed by atoms with Gasteiger partial charge in [-0.15, -0.1) is 11.3 Å². The zero-order chi connectivity index (χ0) is 16.9. The molecule has 0 radical (unpaired) electrons. The van der Waals surface area contributed by atoms with Crippen LogP contribution in [0.4, 0.5) is 0 Å². The van der Waals surface area contributed by atoms with Gasteiger partial charge in [0.2, 0.25) is 5.91 Å². The molecule has 24 heavy (non-hydrogen) atoms. The van der Waals surface area contributed by atoms with Crippen LogP contribution < -0.4 is 5.32 Å². The second kappa shape index (κ2) is 7.87. The zero-order valence-corrected chi connectivity index (χ0v) is 14.9. The lowest BCUT2D eigenvalue weighted by molar-refractivity contribution is -0.124. The summed E-state index contributed by atoms with van der Waals surface area (Å²) in [6, 6.07) is 2.06. The van der Waals surface area contributed by atoms with Crippen LogP contribution in [0.2, 0.25) is 0 Å². The van der Waals surface area contributed by atoms with Gasteiger partial charge in [-0.2, -0.15) is 5.10 Å². The van der Waals surface area contributed by atoms with Crippen molar-refractivity contribution in [1.29, 1.82) is 0 Å². The Kier molecular flexibility index (Phi) is 5.60. The largest absolute Gasteiger partial charge is 0.375 e. The maximum Gasteiger partial charge on any atom is 0.245 e. The highest BCUT2D eigenvalue weighted by Crippen LogP contribution is 2.19. The van der Waals surface area contributed by atoms with Crippen LogP contribution in [0, 0.1) is 12.8 Å². The van der Waals surface area contributed by atoms with Crippen LogP contribution >= 0.6 is 11.3 Å². The second-order valence-electron chi connectivity index (χ2n) is 6.16. The van der Waals surface area contributed by atoms with Crippen molar-refractivity contribution < 1.29 is 9.53 Å². The van der Waals surface area contributed by atoms with Crippen molar-refractivity contribution in [3.8, 4) is 0 Å². The van der Waals surface area contributed by atoms with E-state index < -0.39 is 0 Å². The standard InChI is InChI=1S/C16H23N5O2S/c1-12-11-24-16(19-12)9-20-6-13(5-17-15(22)10-23-2)7-21-14(8-20)3-4-18-21/h3-4,11,13H,5-10H2,1-2H3,(H,17,22). The SMILES string of the molecule is COCC(=O)NCC1CN(Cc2nc(C)cs2)Cc2ccnn2C1. The van der Waals surface area contributed by atoms with E-state index in [0.717, 1.165) is 36.9 Å². The predicted octanol–water partition coefficient (Wildman–Crippen LogP) is 1.04. The van der Waals surface area contributed by atoms with Crippen LogP contribution in [-0.2, 0) is 29.2 Å². The van der Waals surface area contributed by atoms with E-state index in [0.29, 0.717) is 12.5 Å². The van der Waals surface area contributed by atoms with E-state index in [1.54, 1.807) is 11.3 Å². The quantitative estimate of drug-likeness (QED) is 0.844. The number of nitrogens with zero attached hydrogens (tertiary/aromatic N) is 4. The van der Waals surface area contributed by atoms with E-state index in [9.17, 15) is 4.79 Å². The third-order valence-electron chi connectivity index (χ3n) is 4.03. The average molecular weight is 349 g/mol. The van der Waals surface area contributed by atoms with Crippen molar-refractivity contribution in [2.75, 3.05) is 26.8 Å². The van der Waals surface area contributed by atoms with Gasteiger partial charge in [0.05, 0.1) is 12.2 Å². The molecule has 1 amide bonds. The predicted molar refractivity (Wildman–Crippen MR) is 91.6 cm³/mol. The van der Waals surface area contributed by atoms with Gasteiger partial charge in [0.25, 0.3) is 0 Å². The molecule has 130 valence electrons. The monoisotopic (exact) mass is 349 g/mol. The fourth-order valence-corrected chi connectivity index (χ4v) is 3.79. The molecule has 1 N–H and O–H groups in total. The Bertz CT molecular complexity index is 684. The van der Waals surface area contributed by atoms with Gasteiger partial charge in [-0.05, 0) is 13.0 Å². The molecule has 2 aromatic heterocycles. The molecule has 8 heteroatoms. The van der Waals surface area contributed by atoms with Crippen molar-refractivity contribution in [2.45, 2.75) is 26.6 Å². The molecule has 3 heterocycles. The van der Waals surface area contributed by atoms with Crippen LogP contribution in [0.25, 0.3) is 0 Å². The van der Waals surface area contributed by atoms with Crippen LogP contribution in [0.5, 0.6) is 0 Å². The van der Waals surface area contributed by atoms with Crippen molar-refractivity contribution in [3.63, 3.8) is 0 Å². The van der Waals surface area contributed by atoms with Gasteiger partial charge in [-0.1, -0.05) is 0 Å². The molecule has 2 aromatic rings. The molecule has 0 saturated carbocycles. The lowest BCUT2D eigenvalue weighted by atomic mass is 10.1. The number of carbonyl (C=O) groups excluding carboxylic acids is 1. The lowest BCUT2D eigenvalue weighted by Gasteiger charge is -2.23. The highest BCUT2D eigenvalue weighted by Gasteiger charge is 2.23. The normalized spacial score (nSPS) is 18.2. The van der Waals surface area contributed by atoms with Crippen LogP contribution in [-0.4, -0.2) is 52.4 Å². The fourth-order valence-electron chi connectivity index (χ4n) is 2.98. The Morgan fingerprint density at radius 3 is 3.12 bits per heavy atom. The molecular weight excluding hydrogens is 326 g/mol. The highest BCUT2D eigenvalue weighted by molar-refractivity contribution is 7.09. The Hall–Kier alpha value is -1.77. The fraction of sp³-hybridized carbons (Fsp3) is 0.562. The molecule has 3 rings (SSSR count). The first-order valence-electron chi connectivity index (χ1n) is 8.03. The van der Waals surface area contributed by atoms with Gasteiger partial charge >= 0.3 is 0 Å². The molecule has 0 aromatic carbocycles. The van der Waals surface area contributed by atoms with E-state index in [1.165, 1.54) is 12.8 Å².